The first kappa shape index (κ1) is 11.4. The molecule has 0 fully saturated rings. The molecule has 2 rings (SSSR count). The molecule has 0 saturated carbocycles. The van der Waals surface area contributed by atoms with Crippen LogP contribution in [0, 0.1) is 6.92 Å². The van der Waals surface area contributed by atoms with E-state index in [0.717, 1.165) is 11.4 Å². The molecular formula is C11H13N3O3. The van der Waals surface area contributed by atoms with Crippen molar-refractivity contribution in [2.24, 2.45) is 7.05 Å². The number of esters is 1. The number of oxazole rings is 1. The van der Waals surface area contributed by atoms with E-state index in [9.17, 15) is 4.79 Å². The summed E-state index contributed by atoms with van der Waals surface area (Å²) in [6, 6.07) is 0. The van der Waals surface area contributed by atoms with Crippen LogP contribution in [0.5, 0.6) is 0 Å². The van der Waals surface area contributed by atoms with Crippen LogP contribution < -0.4 is 0 Å². The summed E-state index contributed by atoms with van der Waals surface area (Å²) in [4.78, 5) is 19.7. The first-order valence-corrected chi connectivity index (χ1v) is 5.24. The topological polar surface area (TPSA) is 70.2 Å². The summed E-state index contributed by atoms with van der Waals surface area (Å²) in [5.41, 5.74) is 1.68. The van der Waals surface area contributed by atoms with Gasteiger partial charge in [0.05, 0.1) is 18.6 Å². The maximum absolute atomic E-state index is 11.7. The molecule has 17 heavy (non-hydrogen) atoms. The van der Waals surface area contributed by atoms with Gasteiger partial charge in [-0.15, -0.1) is 0 Å². The van der Waals surface area contributed by atoms with E-state index < -0.39 is 5.97 Å². The van der Waals surface area contributed by atoms with Gasteiger partial charge in [-0.3, -0.25) is 0 Å². The van der Waals surface area contributed by atoms with Crippen LogP contribution >= 0.6 is 0 Å². The Labute approximate surface area is 98.2 Å². The Hall–Kier alpha value is -2.11. The van der Waals surface area contributed by atoms with Crippen LogP contribution in [-0.2, 0) is 11.8 Å². The number of rotatable bonds is 3. The minimum atomic E-state index is -0.489. The van der Waals surface area contributed by atoms with Gasteiger partial charge in [0.25, 0.3) is 0 Å². The van der Waals surface area contributed by atoms with Gasteiger partial charge in [-0.25, -0.2) is 14.8 Å². The zero-order valence-electron chi connectivity index (χ0n) is 9.93. The molecule has 2 aromatic rings. The zero-order valence-corrected chi connectivity index (χ0v) is 9.93. The van der Waals surface area contributed by atoms with Gasteiger partial charge in [-0.05, 0) is 13.8 Å². The highest BCUT2D eigenvalue weighted by Crippen LogP contribution is 2.25. The third-order valence-electron chi connectivity index (χ3n) is 2.37. The molecule has 0 aliphatic rings. The minimum absolute atomic E-state index is 0.179. The van der Waals surface area contributed by atoms with E-state index in [0.29, 0.717) is 12.4 Å². The van der Waals surface area contributed by atoms with Crippen molar-refractivity contribution in [3.63, 3.8) is 0 Å². The Morgan fingerprint density at radius 2 is 2.29 bits per heavy atom. The van der Waals surface area contributed by atoms with Crippen molar-refractivity contribution in [1.29, 1.82) is 0 Å². The number of imidazole rings is 1. The fourth-order valence-electron chi connectivity index (χ4n) is 1.63. The largest absolute Gasteiger partial charge is 0.461 e. The Morgan fingerprint density at radius 3 is 2.88 bits per heavy atom. The van der Waals surface area contributed by atoms with Crippen LogP contribution in [0.1, 0.15) is 23.1 Å². The lowest BCUT2D eigenvalue weighted by Crippen LogP contribution is -2.07. The second kappa shape index (κ2) is 4.40. The lowest BCUT2D eigenvalue weighted by atomic mass is 10.2. The number of carbonyl (C=O) groups is 1. The third kappa shape index (κ3) is 1.93. The lowest BCUT2D eigenvalue weighted by Gasteiger charge is -2.03. The number of hydrogen-bond acceptors (Lipinski definition) is 5. The van der Waals surface area contributed by atoms with Crippen LogP contribution in [0.3, 0.4) is 0 Å². The van der Waals surface area contributed by atoms with Crippen molar-refractivity contribution in [1.82, 2.24) is 14.5 Å². The Bertz CT molecular complexity index is 522. The third-order valence-corrected chi connectivity index (χ3v) is 2.37. The van der Waals surface area contributed by atoms with E-state index in [2.05, 4.69) is 9.97 Å². The van der Waals surface area contributed by atoms with Crippen molar-refractivity contribution in [3.05, 3.63) is 24.1 Å². The molecule has 0 saturated heterocycles. The molecule has 0 spiro atoms. The summed E-state index contributed by atoms with van der Waals surface area (Å²) in [7, 11) is 1.83. The normalized spacial score (nSPS) is 10.5. The summed E-state index contributed by atoms with van der Waals surface area (Å²) in [6.45, 7) is 3.88. The van der Waals surface area contributed by atoms with Crippen molar-refractivity contribution >= 4 is 5.97 Å². The van der Waals surface area contributed by atoms with Gasteiger partial charge < -0.3 is 13.7 Å². The van der Waals surface area contributed by atoms with E-state index >= 15 is 0 Å². The standard InChI is InChI=1S/C11H13N3O3/c1-4-16-11(15)8-10(17-6-13-8)9-7(2)12-5-14(9)3/h5-6H,4H2,1-3H3. The van der Waals surface area contributed by atoms with E-state index in [1.54, 1.807) is 17.8 Å². The van der Waals surface area contributed by atoms with E-state index in [1.165, 1.54) is 6.39 Å². The highest BCUT2D eigenvalue weighted by Gasteiger charge is 2.23. The number of nitrogens with zero attached hydrogens (tertiary/aromatic N) is 3. The molecule has 0 N–H and O–H groups in total. The quantitative estimate of drug-likeness (QED) is 0.755. The summed E-state index contributed by atoms with van der Waals surface area (Å²) >= 11 is 0. The Kier molecular flexibility index (Phi) is 2.95. The highest BCUT2D eigenvalue weighted by atomic mass is 16.5. The van der Waals surface area contributed by atoms with E-state index in [1.807, 2.05) is 14.0 Å². The molecule has 0 radical (unpaired) electrons. The van der Waals surface area contributed by atoms with Crippen LogP contribution in [0.15, 0.2) is 17.1 Å². The number of hydrogen-bond donors (Lipinski definition) is 0. The molecule has 0 atom stereocenters. The fraction of sp³-hybridized carbons (Fsp3) is 0.364. The minimum Gasteiger partial charge on any atom is -0.461 e. The molecule has 0 aliphatic heterocycles. The average Bonchev–Trinajstić information content (AvgIpc) is 2.86. The van der Waals surface area contributed by atoms with Gasteiger partial charge in [0.2, 0.25) is 0 Å². The van der Waals surface area contributed by atoms with Gasteiger partial charge >= 0.3 is 5.97 Å². The van der Waals surface area contributed by atoms with Gasteiger partial charge in [-0.2, -0.15) is 0 Å². The van der Waals surface area contributed by atoms with Crippen molar-refractivity contribution < 1.29 is 13.9 Å². The second-order valence-corrected chi connectivity index (χ2v) is 3.54. The average molecular weight is 235 g/mol. The van der Waals surface area contributed by atoms with Crippen LogP contribution in [0.25, 0.3) is 11.5 Å². The first-order valence-electron chi connectivity index (χ1n) is 5.24. The molecule has 2 heterocycles. The summed E-state index contributed by atoms with van der Waals surface area (Å²) in [5, 5.41) is 0. The molecular weight excluding hydrogens is 222 g/mol. The molecule has 0 amide bonds. The van der Waals surface area contributed by atoms with Gasteiger partial charge in [0.1, 0.15) is 5.69 Å². The maximum Gasteiger partial charge on any atom is 0.361 e. The highest BCUT2D eigenvalue weighted by molar-refractivity contribution is 5.93. The van der Waals surface area contributed by atoms with Crippen molar-refractivity contribution in [2.75, 3.05) is 6.61 Å². The molecule has 90 valence electrons. The second-order valence-electron chi connectivity index (χ2n) is 3.54. The predicted molar refractivity (Wildman–Crippen MR) is 59.4 cm³/mol. The zero-order chi connectivity index (χ0) is 12.4. The molecule has 6 nitrogen and oxygen atoms in total. The number of carbonyl (C=O) groups excluding carboxylic acids is 1. The molecule has 0 bridgehead atoms. The summed E-state index contributed by atoms with van der Waals surface area (Å²) in [6.07, 6.45) is 2.89. The van der Waals surface area contributed by atoms with Gasteiger partial charge in [0, 0.05) is 7.05 Å². The number of aryl methyl sites for hydroxylation is 2. The molecule has 2 aromatic heterocycles. The van der Waals surface area contributed by atoms with Crippen LogP contribution in [0.2, 0.25) is 0 Å². The maximum atomic E-state index is 11.7. The summed E-state index contributed by atoms with van der Waals surface area (Å²) in [5.74, 6) is -0.0993. The van der Waals surface area contributed by atoms with Gasteiger partial charge in [-0.1, -0.05) is 0 Å². The monoisotopic (exact) mass is 235 g/mol. The predicted octanol–water partition coefficient (Wildman–Crippen LogP) is 1.56. The molecule has 0 aliphatic carbocycles. The Morgan fingerprint density at radius 1 is 1.53 bits per heavy atom. The number of aromatic nitrogens is 3. The first-order chi connectivity index (χ1) is 8.15. The van der Waals surface area contributed by atoms with E-state index in [4.69, 9.17) is 9.15 Å². The SMILES string of the molecule is CCOC(=O)c1ncoc1-c1c(C)ncn1C. The molecule has 0 unspecified atom stereocenters. The van der Waals surface area contributed by atoms with E-state index in [-0.39, 0.29) is 5.69 Å². The van der Waals surface area contributed by atoms with Gasteiger partial charge in [0.15, 0.2) is 17.8 Å². The lowest BCUT2D eigenvalue weighted by molar-refractivity contribution is 0.0520. The summed E-state index contributed by atoms with van der Waals surface area (Å²) < 4.78 is 12.0. The van der Waals surface area contributed by atoms with Crippen LogP contribution in [0.4, 0.5) is 0 Å². The molecule has 6 heteroatoms. The number of ether oxygens (including phenoxy) is 1. The van der Waals surface area contributed by atoms with Crippen molar-refractivity contribution in [2.45, 2.75) is 13.8 Å². The fourth-order valence-corrected chi connectivity index (χ4v) is 1.63. The smallest absolute Gasteiger partial charge is 0.361 e. The Balaban J connectivity index is 2.47. The van der Waals surface area contributed by atoms with Crippen LogP contribution in [-0.4, -0.2) is 27.1 Å². The van der Waals surface area contributed by atoms with Crippen molar-refractivity contribution in [3.8, 4) is 11.5 Å². The molecule has 0 aromatic carbocycles.